The fraction of sp³-hybridized carbons (Fsp3) is 0.600. The predicted molar refractivity (Wildman–Crippen MR) is 90.5 cm³/mol. The van der Waals surface area contributed by atoms with Crippen molar-refractivity contribution in [1.29, 1.82) is 0 Å². The Balaban J connectivity index is 2.15. The number of rotatable bonds is 6. The largest absolute Gasteiger partial charge is 0.384 e. The summed E-state index contributed by atoms with van der Waals surface area (Å²) in [6.07, 6.45) is 6.23. The lowest BCUT2D eigenvalue weighted by Gasteiger charge is -2.28. The van der Waals surface area contributed by atoms with E-state index >= 15 is 0 Å². The van der Waals surface area contributed by atoms with Gasteiger partial charge in [-0.1, -0.05) is 18.6 Å². The molecule has 1 aromatic rings. The van der Waals surface area contributed by atoms with Crippen molar-refractivity contribution in [2.24, 2.45) is 0 Å². The van der Waals surface area contributed by atoms with Crippen molar-refractivity contribution in [3.8, 4) is 0 Å². The summed E-state index contributed by atoms with van der Waals surface area (Å²) in [5.41, 5.74) is 0.671. The number of para-hydroxylation sites is 1. The van der Waals surface area contributed by atoms with Gasteiger partial charge in [0.25, 0.3) is 0 Å². The number of hydrogen-bond acceptors (Lipinski definition) is 4. The molecule has 1 aromatic carbocycles. The lowest BCUT2D eigenvalue weighted by Crippen LogP contribution is -2.39. The minimum atomic E-state index is -3.47. The zero-order valence-electron chi connectivity index (χ0n) is 12.6. The summed E-state index contributed by atoms with van der Waals surface area (Å²) in [5, 5.41) is 3.68. The SMILES string of the molecule is CCNc1ccccc1S(=O)(=O)NC1CCCC(SC)C1. The summed E-state index contributed by atoms with van der Waals surface area (Å²) >= 11 is 1.84. The fourth-order valence-corrected chi connectivity index (χ4v) is 5.08. The summed E-state index contributed by atoms with van der Waals surface area (Å²) < 4.78 is 28.2. The molecule has 4 nitrogen and oxygen atoms in total. The fourth-order valence-electron chi connectivity index (χ4n) is 2.79. The quantitative estimate of drug-likeness (QED) is 0.842. The Kier molecular flexibility index (Phi) is 5.96. The third-order valence-electron chi connectivity index (χ3n) is 3.83. The molecule has 1 fully saturated rings. The van der Waals surface area contributed by atoms with Crippen molar-refractivity contribution in [1.82, 2.24) is 4.72 Å². The minimum absolute atomic E-state index is 0.0517. The molecule has 2 rings (SSSR count). The van der Waals surface area contributed by atoms with Crippen LogP contribution in [0.3, 0.4) is 0 Å². The van der Waals surface area contributed by atoms with E-state index in [1.54, 1.807) is 12.1 Å². The molecule has 0 aromatic heterocycles. The molecular formula is C15H24N2O2S2. The first-order valence-electron chi connectivity index (χ1n) is 7.45. The molecule has 21 heavy (non-hydrogen) atoms. The summed E-state index contributed by atoms with van der Waals surface area (Å²) in [6, 6.07) is 7.14. The number of hydrogen-bond donors (Lipinski definition) is 2. The molecule has 1 saturated carbocycles. The highest BCUT2D eigenvalue weighted by molar-refractivity contribution is 7.99. The summed E-state index contributed by atoms with van der Waals surface area (Å²) in [7, 11) is -3.47. The Morgan fingerprint density at radius 2 is 2.05 bits per heavy atom. The van der Waals surface area contributed by atoms with Crippen molar-refractivity contribution >= 4 is 27.5 Å². The predicted octanol–water partition coefficient (Wildman–Crippen LogP) is 3.07. The molecule has 0 spiro atoms. The van der Waals surface area contributed by atoms with Crippen LogP contribution in [-0.2, 0) is 10.0 Å². The number of anilines is 1. The van der Waals surface area contributed by atoms with Crippen LogP contribution in [0.25, 0.3) is 0 Å². The molecule has 2 N–H and O–H groups in total. The molecule has 2 atom stereocenters. The van der Waals surface area contributed by atoms with Gasteiger partial charge in [0.15, 0.2) is 0 Å². The topological polar surface area (TPSA) is 58.2 Å². The van der Waals surface area contributed by atoms with Crippen LogP contribution in [0, 0.1) is 0 Å². The lowest BCUT2D eigenvalue weighted by molar-refractivity contribution is 0.421. The van der Waals surface area contributed by atoms with E-state index in [0.29, 0.717) is 22.4 Å². The number of nitrogens with one attached hydrogen (secondary N) is 2. The second-order valence-electron chi connectivity index (χ2n) is 5.37. The van der Waals surface area contributed by atoms with Gasteiger partial charge in [-0.05, 0) is 44.6 Å². The van der Waals surface area contributed by atoms with Crippen LogP contribution in [0.5, 0.6) is 0 Å². The van der Waals surface area contributed by atoms with E-state index in [9.17, 15) is 8.42 Å². The molecule has 6 heteroatoms. The molecule has 0 radical (unpaired) electrons. The third kappa shape index (κ3) is 4.37. The first-order chi connectivity index (χ1) is 10.1. The van der Waals surface area contributed by atoms with Gasteiger partial charge in [-0.2, -0.15) is 11.8 Å². The van der Waals surface area contributed by atoms with Gasteiger partial charge in [0.2, 0.25) is 10.0 Å². The molecule has 0 heterocycles. The highest BCUT2D eigenvalue weighted by Crippen LogP contribution is 2.28. The van der Waals surface area contributed by atoms with E-state index in [1.807, 2.05) is 30.8 Å². The molecule has 118 valence electrons. The minimum Gasteiger partial charge on any atom is -0.384 e. The maximum Gasteiger partial charge on any atom is 0.242 e. The molecule has 1 aliphatic rings. The Morgan fingerprint density at radius 1 is 1.29 bits per heavy atom. The van der Waals surface area contributed by atoms with E-state index in [4.69, 9.17) is 0 Å². The highest BCUT2D eigenvalue weighted by atomic mass is 32.2. The van der Waals surface area contributed by atoms with Crippen LogP contribution in [-0.4, -0.2) is 32.5 Å². The molecule has 1 aliphatic carbocycles. The lowest BCUT2D eigenvalue weighted by atomic mass is 9.96. The molecule has 0 amide bonds. The average molecular weight is 329 g/mol. The maximum absolute atomic E-state index is 12.6. The average Bonchev–Trinajstić information content (AvgIpc) is 2.48. The second kappa shape index (κ2) is 7.51. The van der Waals surface area contributed by atoms with Crippen molar-refractivity contribution in [3.05, 3.63) is 24.3 Å². The first kappa shape index (κ1) is 16.6. The Hall–Kier alpha value is -0.720. The smallest absolute Gasteiger partial charge is 0.242 e. The van der Waals surface area contributed by atoms with Gasteiger partial charge in [0.1, 0.15) is 4.90 Å². The van der Waals surface area contributed by atoms with E-state index in [2.05, 4.69) is 16.3 Å². The van der Waals surface area contributed by atoms with Crippen LogP contribution in [0.2, 0.25) is 0 Å². The normalized spacial score (nSPS) is 23.0. The zero-order valence-corrected chi connectivity index (χ0v) is 14.3. The molecule has 0 aliphatic heterocycles. The van der Waals surface area contributed by atoms with Crippen LogP contribution in [0.15, 0.2) is 29.2 Å². The maximum atomic E-state index is 12.6. The van der Waals surface area contributed by atoms with Gasteiger partial charge in [-0.3, -0.25) is 0 Å². The zero-order chi connectivity index (χ0) is 15.3. The van der Waals surface area contributed by atoms with Crippen molar-refractivity contribution < 1.29 is 8.42 Å². The number of benzene rings is 1. The summed E-state index contributed by atoms with van der Waals surface area (Å²) in [4.78, 5) is 0.345. The third-order valence-corrected chi connectivity index (χ3v) is 6.50. The van der Waals surface area contributed by atoms with Gasteiger partial charge in [-0.25, -0.2) is 13.1 Å². The monoisotopic (exact) mass is 328 g/mol. The standard InChI is InChI=1S/C15H24N2O2S2/c1-3-16-14-9-4-5-10-15(14)21(18,19)17-12-7-6-8-13(11-12)20-2/h4-5,9-10,12-13,16-17H,3,6-8,11H2,1-2H3. The summed E-state index contributed by atoms with van der Waals surface area (Å²) in [5.74, 6) is 0. The molecule has 0 saturated heterocycles. The number of sulfonamides is 1. The van der Waals surface area contributed by atoms with Crippen molar-refractivity contribution in [2.75, 3.05) is 18.1 Å². The molecule has 2 unspecified atom stereocenters. The Labute approximate surface area is 132 Å². The Morgan fingerprint density at radius 3 is 2.76 bits per heavy atom. The van der Waals surface area contributed by atoms with Gasteiger partial charge in [0.05, 0.1) is 5.69 Å². The number of thioether (sulfide) groups is 1. The highest BCUT2D eigenvalue weighted by Gasteiger charge is 2.27. The van der Waals surface area contributed by atoms with Crippen LogP contribution < -0.4 is 10.0 Å². The van der Waals surface area contributed by atoms with Crippen LogP contribution in [0.1, 0.15) is 32.6 Å². The Bertz CT molecular complexity index is 561. The van der Waals surface area contributed by atoms with E-state index in [0.717, 1.165) is 19.3 Å². The van der Waals surface area contributed by atoms with Crippen molar-refractivity contribution in [2.45, 2.75) is 48.8 Å². The van der Waals surface area contributed by atoms with Crippen LogP contribution in [0.4, 0.5) is 5.69 Å². The van der Waals surface area contributed by atoms with Gasteiger partial charge < -0.3 is 5.32 Å². The van der Waals surface area contributed by atoms with E-state index in [-0.39, 0.29) is 6.04 Å². The van der Waals surface area contributed by atoms with Crippen molar-refractivity contribution in [3.63, 3.8) is 0 Å². The van der Waals surface area contributed by atoms with Gasteiger partial charge >= 0.3 is 0 Å². The molecular weight excluding hydrogens is 304 g/mol. The van der Waals surface area contributed by atoms with E-state index < -0.39 is 10.0 Å². The van der Waals surface area contributed by atoms with Gasteiger partial charge in [-0.15, -0.1) is 0 Å². The van der Waals surface area contributed by atoms with Crippen LogP contribution >= 0.6 is 11.8 Å². The summed E-state index contributed by atoms with van der Waals surface area (Å²) in [6.45, 7) is 2.66. The first-order valence-corrected chi connectivity index (χ1v) is 10.2. The molecule has 0 bridgehead atoms. The van der Waals surface area contributed by atoms with Gasteiger partial charge in [0, 0.05) is 17.8 Å². The second-order valence-corrected chi connectivity index (χ2v) is 8.19. The van der Waals surface area contributed by atoms with E-state index in [1.165, 1.54) is 6.42 Å².